The summed E-state index contributed by atoms with van der Waals surface area (Å²) in [6.45, 7) is 5.79. The highest BCUT2D eigenvalue weighted by atomic mass is 16.2. The number of fused-ring (bicyclic) bond motifs is 1. The average Bonchev–Trinajstić information content (AvgIpc) is 3.12. The summed E-state index contributed by atoms with van der Waals surface area (Å²) >= 11 is 0. The molecular formula is C23H25N7O. The number of urea groups is 1. The molecule has 0 saturated carbocycles. The van der Waals surface area contributed by atoms with E-state index in [0.717, 1.165) is 36.5 Å². The van der Waals surface area contributed by atoms with Gasteiger partial charge in [0.25, 0.3) is 0 Å². The maximum Gasteiger partial charge on any atom is 0.329 e. The zero-order chi connectivity index (χ0) is 22.0. The Balaban J connectivity index is 1.78. The second-order valence-corrected chi connectivity index (χ2v) is 7.62. The van der Waals surface area contributed by atoms with Crippen molar-refractivity contribution >= 4 is 23.4 Å². The molecule has 0 unspecified atom stereocenters. The van der Waals surface area contributed by atoms with Crippen LogP contribution in [0.1, 0.15) is 25.8 Å². The van der Waals surface area contributed by atoms with Gasteiger partial charge in [-0.3, -0.25) is 14.9 Å². The molecule has 1 aliphatic rings. The number of benzene rings is 1. The lowest BCUT2D eigenvalue weighted by molar-refractivity contribution is 0.255. The van der Waals surface area contributed by atoms with Gasteiger partial charge in [0, 0.05) is 44.0 Å². The molecule has 0 aliphatic carbocycles. The molecule has 3 heterocycles. The van der Waals surface area contributed by atoms with Gasteiger partial charge in [0.15, 0.2) is 11.6 Å². The third-order valence-electron chi connectivity index (χ3n) is 5.52. The Hall–Kier alpha value is -3.86. The molecule has 0 fully saturated rings. The summed E-state index contributed by atoms with van der Waals surface area (Å²) in [5.74, 6) is 1.11. The maximum absolute atomic E-state index is 13.3. The van der Waals surface area contributed by atoms with Gasteiger partial charge in [-0.1, -0.05) is 12.1 Å². The predicted molar refractivity (Wildman–Crippen MR) is 121 cm³/mol. The van der Waals surface area contributed by atoms with E-state index < -0.39 is 0 Å². The van der Waals surface area contributed by atoms with Crippen LogP contribution in [0.15, 0.2) is 48.7 Å². The minimum Gasteiger partial charge on any atom is -0.369 e. The highest BCUT2D eigenvalue weighted by Gasteiger charge is 2.31. The molecule has 8 nitrogen and oxygen atoms in total. The highest BCUT2D eigenvalue weighted by molar-refractivity contribution is 6.03. The van der Waals surface area contributed by atoms with E-state index in [0.29, 0.717) is 17.2 Å². The molecule has 31 heavy (non-hydrogen) atoms. The summed E-state index contributed by atoms with van der Waals surface area (Å²) in [6, 6.07) is 14.9. The van der Waals surface area contributed by atoms with Crippen LogP contribution >= 0.6 is 0 Å². The number of aromatic nitrogens is 3. The normalized spacial score (nSPS) is 15.7. The number of hydrogen-bond acceptors (Lipinski definition) is 5. The molecule has 0 bridgehead atoms. The lowest BCUT2D eigenvalue weighted by Gasteiger charge is -2.28. The minimum absolute atomic E-state index is 0.0489. The molecule has 1 N–H and O–H groups in total. The molecule has 158 valence electrons. The van der Waals surface area contributed by atoms with Crippen LogP contribution in [0.4, 0.5) is 22.1 Å². The van der Waals surface area contributed by atoms with Crippen LogP contribution in [-0.2, 0) is 7.05 Å². The van der Waals surface area contributed by atoms with Gasteiger partial charge >= 0.3 is 6.03 Å². The Morgan fingerprint density at radius 1 is 1.29 bits per heavy atom. The summed E-state index contributed by atoms with van der Waals surface area (Å²) in [7, 11) is 1.81. The van der Waals surface area contributed by atoms with Crippen LogP contribution in [0.25, 0.3) is 11.3 Å². The third-order valence-corrected chi connectivity index (χ3v) is 5.52. The van der Waals surface area contributed by atoms with Crippen molar-refractivity contribution in [3.05, 3.63) is 54.2 Å². The number of carbonyl (C=O) groups excluding carboxylic acids is 1. The van der Waals surface area contributed by atoms with Crippen LogP contribution in [0.3, 0.4) is 0 Å². The molecule has 2 aromatic heterocycles. The highest BCUT2D eigenvalue weighted by Crippen LogP contribution is 2.35. The number of hydrogen-bond donors (Lipinski definition) is 1. The summed E-state index contributed by atoms with van der Waals surface area (Å²) in [6.07, 6.45) is 2.60. The Morgan fingerprint density at radius 2 is 2.13 bits per heavy atom. The number of pyridine rings is 1. The standard InChI is InChI=1S/C23H25N7O/c1-4-29-13-10-16(2)30(23(31)26-21-11-12-28(3)27-21)22-20(29)9-8-19(25-22)18-7-5-6-17(14-18)15-24/h5-9,11-12,14,16H,4,10,13H2,1-3H3,(H,26,27,31)/t16-/m1/s1. The lowest BCUT2D eigenvalue weighted by atomic mass is 10.1. The quantitative estimate of drug-likeness (QED) is 0.698. The molecule has 8 heteroatoms. The number of amides is 2. The summed E-state index contributed by atoms with van der Waals surface area (Å²) in [5, 5.41) is 16.4. The van der Waals surface area contributed by atoms with Gasteiger partial charge < -0.3 is 4.90 Å². The number of rotatable bonds is 3. The molecule has 3 aromatic rings. The van der Waals surface area contributed by atoms with Gasteiger partial charge in [0.1, 0.15) is 0 Å². The van der Waals surface area contributed by atoms with Crippen molar-refractivity contribution in [2.24, 2.45) is 7.05 Å². The smallest absolute Gasteiger partial charge is 0.329 e. The molecular weight excluding hydrogens is 390 g/mol. The first-order valence-corrected chi connectivity index (χ1v) is 10.4. The number of aryl methyl sites for hydroxylation is 1. The van der Waals surface area contributed by atoms with Crippen LogP contribution < -0.4 is 15.1 Å². The fourth-order valence-electron chi connectivity index (χ4n) is 3.85. The van der Waals surface area contributed by atoms with E-state index in [4.69, 9.17) is 4.98 Å². The van der Waals surface area contributed by atoms with E-state index in [1.165, 1.54) is 0 Å². The molecule has 0 spiro atoms. The second-order valence-electron chi connectivity index (χ2n) is 7.62. The van der Waals surface area contributed by atoms with Crippen molar-refractivity contribution in [2.45, 2.75) is 26.3 Å². The minimum atomic E-state index is -0.263. The van der Waals surface area contributed by atoms with Crippen molar-refractivity contribution in [3.63, 3.8) is 0 Å². The Bertz CT molecular complexity index is 1150. The molecule has 0 saturated heterocycles. The van der Waals surface area contributed by atoms with Crippen LogP contribution in [0, 0.1) is 11.3 Å². The number of anilines is 3. The number of nitrogens with zero attached hydrogens (tertiary/aromatic N) is 6. The Morgan fingerprint density at radius 3 is 2.84 bits per heavy atom. The van der Waals surface area contributed by atoms with E-state index in [1.54, 1.807) is 27.9 Å². The zero-order valence-electron chi connectivity index (χ0n) is 17.9. The van der Waals surface area contributed by atoms with Crippen molar-refractivity contribution in [2.75, 3.05) is 28.2 Å². The van der Waals surface area contributed by atoms with Crippen molar-refractivity contribution < 1.29 is 4.79 Å². The topological polar surface area (TPSA) is 90.1 Å². The fourth-order valence-corrected chi connectivity index (χ4v) is 3.85. The molecule has 1 atom stereocenters. The Labute approximate surface area is 181 Å². The zero-order valence-corrected chi connectivity index (χ0v) is 17.9. The van der Waals surface area contributed by atoms with Gasteiger partial charge in [-0.15, -0.1) is 0 Å². The first-order valence-electron chi connectivity index (χ1n) is 10.4. The molecule has 0 radical (unpaired) electrons. The predicted octanol–water partition coefficient (Wildman–Crippen LogP) is 4.01. The summed E-state index contributed by atoms with van der Waals surface area (Å²) < 4.78 is 1.65. The van der Waals surface area contributed by atoms with Gasteiger partial charge in [0.05, 0.1) is 23.0 Å². The number of carbonyl (C=O) groups is 1. The second kappa shape index (κ2) is 8.48. The van der Waals surface area contributed by atoms with E-state index in [2.05, 4.69) is 28.3 Å². The van der Waals surface area contributed by atoms with E-state index in [-0.39, 0.29) is 12.1 Å². The monoisotopic (exact) mass is 415 g/mol. The van der Waals surface area contributed by atoms with Crippen molar-refractivity contribution in [1.29, 1.82) is 5.26 Å². The largest absolute Gasteiger partial charge is 0.369 e. The molecule has 4 rings (SSSR count). The van der Waals surface area contributed by atoms with Gasteiger partial charge in [-0.2, -0.15) is 10.4 Å². The van der Waals surface area contributed by atoms with Crippen molar-refractivity contribution in [1.82, 2.24) is 14.8 Å². The molecule has 2 amide bonds. The van der Waals surface area contributed by atoms with Crippen LogP contribution in [-0.4, -0.2) is 39.9 Å². The van der Waals surface area contributed by atoms with Crippen LogP contribution in [0.2, 0.25) is 0 Å². The van der Waals surface area contributed by atoms with E-state index >= 15 is 0 Å². The van der Waals surface area contributed by atoms with Crippen molar-refractivity contribution in [3.8, 4) is 17.3 Å². The number of nitrogens with one attached hydrogen (secondary N) is 1. The summed E-state index contributed by atoms with van der Waals surface area (Å²) in [4.78, 5) is 22.2. The average molecular weight is 416 g/mol. The Kier molecular flexibility index (Phi) is 5.58. The van der Waals surface area contributed by atoms with E-state index in [1.807, 2.05) is 44.3 Å². The molecule has 1 aliphatic heterocycles. The van der Waals surface area contributed by atoms with Crippen LogP contribution in [0.5, 0.6) is 0 Å². The third kappa shape index (κ3) is 4.08. The van der Waals surface area contributed by atoms with Gasteiger partial charge in [-0.05, 0) is 44.5 Å². The van der Waals surface area contributed by atoms with E-state index in [9.17, 15) is 10.1 Å². The number of nitriles is 1. The van der Waals surface area contributed by atoms with Gasteiger partial charge in [-0.25, -0.2) is 9.78 Å². The SMILES string of the molecule is CCN1CC[C@@H](C)N(C(=O)Nc2ccn(C)n2)c2nc(-c3cccc(C#N)c3)ccc21. The fraction of sp³-hybridized carbons (Fsp3) is 0.304. The summed E-state index contributed by atoms with van der Waals surface area (Å²) in [5.41, 5.74) is 3.05. The lowest BCUT2D eigenvalue weighted by Crippen LogP contribution is -2.42. The van der Waals surface area contributed by atoms with Gasteiger partial charge in [0.2, 0.25) is 0 Å². The first-order chi connectivity index (χ1) is 15.0. The molecule has 1 aromatic carbocycles. The first kappa shape index (κ1) is 20.4. The maximum atomic E-state index is 13.3.